The molecule has 0 amide bonds. The normalized spacial score (nSPS) is 11.6. The summed E-state index contributed by atoms with van der Waals surface area (Å²) in [5, 5.41) is 0.756. The lowest BCUT2D eigenvalue weighted by atomic mass is 10.2. The van der Waals surface area contributed by atoms with E-state index < -0.39 is 10.0 Å². The van der Waals surface area contributed by atoms with Gasteiger partial charge in [-0.2, -0.15) is 0 Å². The predicted octanol–water partition coefficient (Wildman–Crippen LogP) is 2.03. The third kappa shape index (κ3) is 5.05. The fourth-order valence-corrected chi connectivity index (χ4v) is 2.61. The van der Waals surface area contributed by atoms with E-state index in [2.05, 4.69) is 20.7 Å². The molecule has 1 aromatic carbocycles. The molecule has 0 saturated carbocycles. The van der Waals surface area contributed by atoms with Gasteiger partial charge in [-0.25, -0.2) is 17.5 Å². The van der Waals surface area contributed by atoms with E-state index in [1.54, 1.807) is 0 Å². The first kappa shape index (κ1) is 13.6. The molecule has 0 aliphatic rings. The lowest BCUT2D eigenvalue weighted by molar-refractivity contribution is 0.580. The fourth-order valence-electron chi connectivity index (χ4n) is 1.15. The van der Waals surface area contributed by atoms with Crippen LogP contribution in [0.1, 0.15) is 12.0 Å². The van der Waals surface area contributed by atoms with E-state index in [-0.39, 0.29) is 11.6 Å². The molecule has 0 heterocycles. The minimum atomic E-state index is -3.31. The van der Waals surface area contributed by atoms with Crippen molar-refractivity contribution in [2.45, 2.75) is 12.2 Å². The van der Waals surface area contributed by atoms with Gasteiger partial charge in [0.25, 0.3) is 0 Å². The van der Waals surface area contributed by atoms with Crippen molar-refractivity contribution in [3.05, 3.63) is 35.6 Å². The van der Waals surface area contributed by atoms with Gasteiger partial charge in [0.1, 0.15) is 5.82 Å². The summed E-state index contributed by atoms with van der Waals surface area (Å²) < 4.78 is 38.1. The Balaban J connectivity index is 2.55. The first-order valence-electron chi connectivity index (χ1n) is 4.81. The van der Waals surface area contributed by atoms with Gasteiger partial charge in [0.2, 0.25) is 10.0 Å². The summed E-state index contributed by atoms with van der Waals surface area (Å²) in [6.07, 6.45) is 0.739. The monoisotopic (exact) mass is 309 g/mol. The lowest BCUT2D eigenvalue weighted by Gasteiger charge is -2.05. The zero-order valence-corrected chi connectivity index (χ0v) is 11.0. The SMILES string of the molecule is O=S(=O)(Cc1ccc(F)cc1)NCCCBr. The molecule has 0 aromatic heterocycles. The summed E-state index contributed by atoms with van der Waals surface area (Å²) in [5.41, 5.74) is 0.577. The summed E-state index contributed by atoms with van der Waals surface area (Å²) in [5.74, 6) is -0.483. The minimum Gasteiger partial charge on any atom is -0.215 e. The van der Waals surface area contributed by atoms with Crippen LogP contribution >= 0.6 is 15.9 Å². The molecule has 6 heteroatoms. The summed E-state index contributed by atoms with van der Waals surface area (Å²) in [4.78, 5) is 0. The van der Waals surface area contributed by atoms with E-state index in [4.69, 9.17) is 0 Å². The Morgan fingerprint density at radius 2 is 1.88 bits per heavy atom. The number of halogens is 2. The van der Waals surface area contributed by atoms with Crippen LogP contribution in [0.4, 0.5) is 4.39 Å². The number of hydrogen-bond acceptors (Lipinski definition) is 2. The Bertz CT molecular complexity index is 419. The molecule has 90 valence electrons. The Hall–Kier alpha value is -0.460. The smallest absolute Gasteiger partial charge is 0.215 e. The average molecular weight is 310 g/mol. The Morgan fingerprint density at radius 3 is 2.44 bits per heavy atom. The second-order valence-corrected chi connectivity index (χ2v) is 5.92. The number of rotatable bonds is 6. The van der Waals surface area contributed by atoms with E-state index in [9.17, 15) is 12.8 Å². The standard InChI is InChI=1S/C10H13BrFNO2S/c11-6-1-7-13-16(14,15)8-9-2-4-10(12)5-3-9/h2-5,13H,1,6-8H2. The van der Waals surface area contributed by atoms with Gasteiger partial charge in [-0.3, -0.25) is 0 Å². The fraction of sp³-hybridized carbons (Fsp3) is 0.400. The molecule has 1 rings (SSSR count). The van der Waals surface area contributed by atoms with Crippen molar-refractivity contribution in [2.24, 2.45) is 0 Å². The van der Waals surface area contributed by atoms with Gasteiger partial charge in [0.05, 0.1) is 5.75 Å². The van der Waals surface area contributed by atoms with E-state index in [0.29, 0.717) is 12.1 Å². The third-order valence-electron chi connectivity index (χ3n) is 1.90. The molecule has 0 bridgehead atoms. The van der Waals surface area contributed by atoms with Crippen molar-refractivity contribution < 1.29 is 12.8 Å². The van der Waals surface area contributed by atoms with Crippen LogP contribution in [0.2, 0.25) is 0 Å². The molecular weight excluding hydrogens is 297 g/mol. The van der Waals surface area contributed by atoms with Crippen molar-refractivity contribution in [1.82, 2.24) is 4.72 Å². The maximum atomic E-state index is 12.6. The highest BCUT2D eigenvalue weighted by atomic mass is 79.9. The molecule has 0 spiro atoms. The van der Waals surface area contributed by atoms with Crippen LogP contribution in [0, 0.1) is 5.82 Å². The quantitative estimate of drug-likeness (QED) is 0.645. The van der Waals surface area contributed by atoms with Crippen LogP contribution in [-0.2, 0) is 15.8 Å². The average Bonchev–Trinajstić information content (AvgIpc) is 2.21. The van der Waals surface area contributed by atoms with Gasteiger partial charge in [-0.15, -0.1) is 0 Å². The van der Waals surface area contributed by atoms with Gasteiger partial charge in [0, 0.05) is 11.9 Å². The van der Waals surface area contributed by atoms with Gasteiger partial charge in [-0.1, -0.05) is 28.1 Å². The van der Waals surface area contributed by atoms with E-state index >= 15 is 0 Å². The molecule has 0 radical (unpaired) electrons. The van der Waals surface area contributed by atoms with E-state index in [1.165, 1.54) is 24.3 Å². The zero-order valence-electron chi connectivity index (χ0n) is 8.62. The highest BCUT2D eigenvalue weighted by molar-refractivity contribution is 9.09. The van der Waals surface area contributed by atoms with Crippen LogP contribution < -0.4 is 4.72 Å². The molecule has 0 atom stereocenters. The lowest BCUT2D eigenvalue weighted by Crippen LogP contribution is -2.26. The zero-order chi connectivity index (χ0) is 12.0. The highest BCUT2D eigenvalue weighted by Gasteiger charge is 2.10. The van der Waals surface area contributed by atoms with Gasteiger partial charge in [-0.05, 0) is 24.1 Å². The topological polar surface area (TPSA) is 46.2 Å². The van der Waals surface area contributed by atoms with Gasteiger partial charge >= 0.3 is 0 Å². The number of sulfonamides is 1. The van der Waals surface area contributed by atoms with Gasteiger partial charge in [0.15, 0.2) is 0 Å². The van der Waals surface area contributed by atoms with Crippen molar-refractivity contribution >= 4 is 26.0 Å². The minimum absolute atomic E-state index is 0.116. The molecule has 1 N–H and O–H groups in total. The number of hydrogen-bond donors (Lipinski definition) is 1. The van der Waals surface area contributed by atoms with Crippen molar-refractivity contribution in [2.75, 3.05) is 11.9 Å². The predicted molar refractivity (Wildman–Crippen MR) is 65.4 cm³/mol. The summed E-state index contributed by atoms with van der Waals surface area (Å²) >= 11 is 3.22. The number of benzene rings is 1. The maximum absolute atomic E-state index is 12.6. The second-order valence-electron chi connectivity index (χ2n) is 3.32. The summed E-state index contributed by atoms with van der Waals surface area (Å²) in [7, 11) is -3.31. The van der Waals surface area contributed by atoms with Crippen molar-refractivity contribution in [3.8, 4) is 0 Å². The molecule has 3 nitrogen and oxygen atoms in total. The molecule has 0 aliphatic heterocycles. The second kappa shape index (κ2) is 6.32. The number of alkyl halides is 1. The number of nitrogens with one attached hydrogen (secondary N) is 1. The Morgan fingerprint density at radius 1 is 1.25 bits per heavy atom. The Kier molecular flexibility index (Phi) is 5.37. The van der Waals surface area contributed by atoms with Crippen LogP contribution in [-0.4, -0.2) is 20.3 Å². The van der Waals surface area contributed by atoms with Crippen molar-refractivity contribution in [1.29, 1.82) is 0 Å². The van der Waals surface area contributed by atoms with Crippen LogP contribution in [0.15, 0.2) is 24.3 Å². The van der Waals surface area contributed by atoms with Crippen LogP contribution in [0.25, 0.3) is 0 Å². The third-order valence-corrected chi connectivity index (χ3v) is 3.82. The molecule has 0 unspecified atom stereocenters. The summed E-state index contributed by atoms with van der Waals surface area (Å²) in [6.45, 7) is 0.411. The van der Waals surface area contributed by atoms with E-state index in [1.807, 2.05) is 0 Å². The van der Waals surface area contributed by atoms with Crippen LogP contribution in [0.5, 0.6) is 0 Å². The Labute approximate surface area is 103 Å². The molecule has 16 heavy (non-hydrogen) atoms. The highest BCUT2D eigenvalue weighted by Crippen LogP contribution is 2.06. The van der Waals surface area contributed by atoms with Crippen LogP contribution in [0.3, 0.4) is 0 Å². The molecular formula is C10H13BrFNO2S. The largest absolute Gasteiger partial charge is 0.215 e. The van der Waals surface area contributed by atoms with E-state index in [0.717, 1.165) is 11.8 Å². The molecule has 0 aliphatic carbocycles. The first-order valence-corrected chi connectivity index (χ1v) is 7.58. The van der Waals surface area contributed by atoms with Gasteiger partial charge < -0.3 is 0 Å². The molecule has 0 fully saturated rings. The molecule has 1 aromatic rings. The summed E-state index contributed by atoms with van der Waals surface area (Å²) in [6, 6.07) is 5.45. The molecule has 0 saturated heterocycles. The van der Waals surface area contributed by atoms with Crippen molar-refractivity contribution in [3.63, 3.8) is 0 Å². The maximum Gasteiger partial charge on any atom is 0.215 e. The first-order chi connectivity index (χ1) is 7.53.